The maximum atomic E-state index is 11.6. The number of carbonyl (C=O) groups excluding carboxylic acids is 1. The Morgan fingerprint density at radius 3 is 2.50 bits per heavy atom. The maximum Gasteiger partial charge on any atom is 0.329 e. The fourth-order valence-corrected chi connectivity index (χ4v) is 1.84. The van der Waals surface area contributed by atoms with Crippen LogP contribution in [0.2, 0.25) is 0 Å². The average molecular weight is 228 g/mol. The van der Waals surface area contributed by atoms with E-state index in [1.54, 1.807) is 6.92 Å². The summed E-state index contributed by atoms with van der Waals surface area (Å²) in [5, 5.41) is 14.8. The summed E-state index contributed by atoms with van der Waals surface area (Å²) in [6.07, 6.45) is 1.60. The van der Waals surface area contributed by atoms with Crippen LogP contribution in [0.3, 0.4) is 0 Å². The predicted octanol–water partition coefficient (Wildman–Crippen LogP) is 0.355. The molecule has 1 rings (SSSR count). The Balaban J connectivity index is 2.46. The van der Waals surface area contributed by atoms with Crippen molar-refractivity contribution in [1.29, 1.82) is 0 Å². The lowest BCUT2D eigenvalue weighted by Gasteiger charge is -2.30. The smallest absolute Gasteiger partial charge is 0.329 e. The van der Waals surface area contributed by atoms with Crippen LogP contribution in [0.1, 0.15) is 33.1 Å². The second-order valence-corrected chi connectivity index (χ2v) is 4.66. The van der Waals surface area contributed by atoms with Crippen LogP contribution in [0.15, 0.2) is 0 Å². The molecule has 5 heteroatoms. The molecule has 1 amide bonds. The van der Waals surface area contributed by atoms with Crippen LogP contribution < -0.4 is 10.6 Å². The van der Waals surface area contributed by atoms with Crippen molar-refractivity contribution in [3.05, 3.63) is 0 Å². The average Bonchev–Trinajstić information content (AvgIpc) is 2.11. The number of carboxylic acids is 1. The van der Waals surface area contributed by atoms with Gasteiger partial charge in [-0.15, -0.1) is 0 Å². The molecule has 0 aromatic carbocycles. The first-order valence-corrected chi connectivity index (χ1v) is 5.73. The minimum Gasteiger partial charge on any atom is -0.480 e. The van der Waals surface area contributed by atoms with E-state index in [-0.39, 0.29) is 5.91 Å². The van der Waals surface area contributed by atoms with Gasteiger partial charge in [-0.3, -0.25) is 4.79 Å². The van der Waals surface area contributed by atoms with Gasteiger partial charge in [0, 0.05) is 6.42 Å². The number of hydrogen-bond donors (Lipinski definition) is 3. The molecule has 16 heavy (non-hydrogen) atoms. The van der Waals surface area contributed by atoms with Crippen LogP contribution >= 0.6 is 0 Å². The van der Waals surface area contributed by atoms with E-state index in [4.69, 9.17) is 5.11 Å². The fraction of sp³-hybridized carbons (Fsp3) is 0.818. The molecular weight excluding hydrogens is 208 g/mol. The molecule has 1 heterocycles. The Bertz CT molecular complexity index is 276. The van der Waals surface area contributed by atoms with Crippen molar-refractivity contribution in [3.8, 4) is 0 Å². The molecule has 1 aliphatic rings. The Hall–Kier alpha value is -1.10. The van der Waals surface area contributed by atoms with E-state index in [0.29, 0.717) is 18.8 Å². The highest BCUT2D eigenvalue weighted by atomic mass is 16.4. The lowest BCUT2D eigenvalue weighted by molar-refractivity contribution is -0.147. The Labute approximate surface area is 95.6 Å². The number of carboxylic acid groups (broad SMARTS) is 1. The third-order valence-corrected chi connectivity index (χ3v) is 2.98. The van der Waals surface area contributed by atoms with Crippen LogP contribution in [0, 0.1) is 5.92 Å². The van der Waals surface area contributed by atoms with Crippen molar-refractivity contribution in [2.24, 2.45) is 5.92 Å². The summed E-state index contributed by atoms with van der Waals surface area (Å²) < 4.78 is 0. The molecule has 0 aromatic rings. The maximum absolute atomic E-state index is 11.6. The molecular formula is C11H20N2O3. The van der Waals surface area contributed by atoms with Crippen LogP contribution in [0.5, 0.6) is 0 Å². The van der Waals surface area contributed by atoms with Crippen molar-refractivity contribution in [1.82, 2.24) is 10.6 Å². The van der Waals surface area contributed by atoms with Crippen molar-refractivity contribution in [2.45, 2.75) is 38.6 Å². The number of nitrogens with one attached hydrogen (secondary N) is 2. The molecule has 3 N–H and O–H groups in total. The fourth-order valence-electron chi connectivity index (χ4n) is 1.84. The van der Waals surface area contributed by atoms with E-state index in [2.05, 4.69) is 10.6 Å². The molecule has 0 spiro atoms. The predicted molar refractivity (Wildman–Crippen MR) is 60.1 cm³/mol. The van der Waals surface area contributed by atoms with E-state index in [1.165, 1.54) is 0 Å². The molecule has 1 fully saturated rings. The summed E-state index contributed by atoms with van der Waals surface area (Å²) in [6, 6.07) is 0. The van der Waals surface area contributed by atoms with Gasteiger partial charge in [-0.2, -0.15) is 0 Å². The van der Waals surface area contributed by atoms with Crippen molar-refractivity contribution in [3.63, 3.8) is 0 Å². The highest BCUT2D eigenvalue weighted by Gasteiger charge is 2.34. The Kier molecular flexibility index (Phi) is 4.29. The first-order valence-electron chi connectivity index (χ1n) is 5.73. The summed E-state index contributed by atoms with van der Waals surface area (Å²) in [4.78, 5) is 22.7. The Morgan fingerprint density at radius 2 is 2.12 bits per heavy atom. The molecule has 1 saturated heterocycles. The molecule has 92 valence electrons. The molecule has 1 aliphatic heterocycles. The summed E-state index contributed by atoms with van der Waals surface area (Å²) >= 11 is 0. The van der Waals surface area contributed by atoms with Gasteiger partial charge in [-0.1, -0.05) is 13.3 Å². The first-order chi connectivity index (χ1) is 7.48. The second-order valence-electron chi connectivity index (χ2n) is 4.66. The summed E-state index contributed by atoms with van der Waals surface area (Å²) in [7, 11) is 0. The van der Waals surface area contributed by atoms with Gasteiger partial charge < -0.3 is 15.7 Å². The molecule has 0 radical (unpaired) electrons. The minimum absolute atomic E-state index is 0.162. The quantitative estimate of drug-likeness (QED) is 0.613. The third-order valence-electron chi connectivity index (χ3n) is 2.98. The van der Waals surface area contributed by atoms with E-state index in [9.17, 15) is 9.59 Å². The van der Waals surface area contributed by atoms with Gasteiger partial charge in [-0.25, -0.2) is 4.79 Å². The molecule has 0 bridgehead atoms. The summed E-state index contributed by atoms with van der Waals surface area (Å²) in [6.45, 7) is 5.18. The first kappa shape index (κ1) is 13.0. The number of hydrogen-bond acceptors (Lipinski definition) is 3. The normalized spacial score (nSPS) is 19.6. The van der Waals surface area contributed by atoms with Crippen LogP contribution in [0.4, 0.5) is 0 Å². The highest BCUT2D eigenvalue weighted by Crippen LogP contribution is 2.15. The Morgan fingerprint density at radius 1 is 1.50 bits per heavy atom. The lowest BCUT2D eigenvalue weighted by Crippen LogP contribution is -2.54. The van der Waals surface area contributed by atoms with E-state index in [1.807, 2.05) is 6.92 Å². The molecule has 0 aromatic heterocycles. The standard InChI is InChI=1S/C11H20N2O3/c1-3-4-11(2,10(15)16)13-9(14)5-8-6-12-7-8/h8,12H,3-7H2,1-2H3,(H,13,14)(H,15,16). The van der Waals surface area contributed by atoms with Crippen LogP contribution in [-0.4, -0.2) is 35.6 Å². The number of carbonyl (C=O) groups is 2. The van der Waals surface area contributed by atoms with Gasteiger partial charge in [-0.05, 0) is 32.4 Å². The molecule has 5 nitrogen and oxygen atoms in total. The summed E-state index contributed by atoms with van der Waals surface area (Å²) in [5.41, 5.74) is -1.12. The van der Waals surface area contributed by atoms with Gasteiger partial charge in [0.1, 0.15) is 5.54 Å². The van der Waals surface area contributed by atoms with E-state index >= 15 is 0 Å². The van der Waals surface area contributed by atoms with E-state index in [0.717, 1.165) is 19.5 Å². The highest BCUT2D eigenvalue weighted by molar-refractivity contribution is 5.86. The molecule has 0 saturated carbocycles. The molecule has 0 aliphatic carbocycles. The second kappa shape index (κ2) is 5.30. The summed E-state index contributed by atoms with van der Waals surface area (Å²) in [5.74, 6) is -0.765. The zero-order valence-electron chi connectivity index (χ0n) is 9.88. The zero-order valence-corrected chi connectivity index (χ0v) is 9.88. The number of rotatable bonds is 6. The largest absolute Gasteiger partial charge is 0.480 e. The van der Waals surface area contributed by atoms with Gasteiger partial charge in [0.25, 0.3) is 0 Å². The SMILES string of the molecule is CCCC(C)(NC(=O)CC1CNC1)C(=O)O. The molecule has 1 unspecified atom stereocenters. The van der Waals surface area contributed by atoms with Crippen LogP contribution in [-0.2, 0) is 9.59 Å². The van der Waals surface area contributed by atoms with Crippen molar-refractivity contribution in [2.75, 3.05) is 13.1 Å². The lowest BCUT2D eigenvalue weighted by atomic mass is 9.94. The minimum atomic E-state index is -1.12. The topological polar surface area (TPSA) is 78.4 Å². The number of amides is 1. The monoisotopic (exact) mass is 228 g/mol. The number of aliphatic carboxylic acids is 1. The molecule has 1 atom stereocenters. The van der Waals surface area contributed by atoms with Crippen molar-refractivity contribution >= 4 is 11.9 Å². The van der Waals surface area contributed by atoms with Gasteiger partial charge >= 0.3 is 5.97 Å². The van der Waals surface area contributed by atoms with Gasteiger partial charge in [0.2, 0.25) is 5.91 Å². The van der Waals surface area contributed by atoms with Gasteiger partial charge in [0.05, 0.1) is 0 Å². The zero-order chi connectivity index (χ0) is 12.2. The van der Waals surface area contributed by atoms with Crippen LogP contribution in [0.25, 0.3) is 0 Å². The third kappa shape index (κ3) is 3.20. The van der Waals surface area contributed by atoms with Crippen molar-refractivity contribution < 1.29 is 14.7 Å². The van der Waals surface area contributed by atoms with Gasteiger partial charge in [0.15, 0.2) is 0 Å². The van der Waals surface area contributed by atoms with E-state index < -0.39 is 11.5 Å².